The van der Waals surface area contributed by atoms with Crippen molar-refractivity contribution in [2.45, 2.75) is 25.8 Å². The minimum atomic E-state index is -0.197. The maximum absolute atomic E-state index is 12.4. The Labute approximate surface area is 178 Å². The van der Waals surface area contributed by atoms with Crippen molar-refractivity contribution >= 4 is 34.6 Å². The number of methoxy groups -OCH3 is 1. The van der Waals surface area contributed by atoms with Gasteiger partial charge in [0.25, 0.3) is 0 Å². The summed E-state index contributed by atoms with van der Waals surface area (Å²) in [5.41, 5.74) is 2.40. The Morgan fingerprint density at radius 3 is 2.69 bits per heavy atom. The van der Waals surface area contributed by atoms with E-state index in [2.05, 4.69) is 22.4 Å². The van der Waals surface area contributed by atoms with Crippen molar-refractivity contribution in [3.05, 3.63) is 80.8 Å². The van der Waals surface area contributed by atoms with Crippen molar-refractivity contribution in [1.29, 1.82) is 0 Å². The minimum absolute atomic E-state index is 0.0822. The van der Waals surface area contributed by atoms with Gasteiger partial charge in [-0.15, -0.1) is 11.3 Å². The van der Waals surface area contributed by atoms with E-state index in [1.165, 1.54) is 12.7 Å². The molecule has 5 nitrogen and oxygen atoms in total. The first-order chi connectivity index (χ1) is 14.0. The van der Waals surface area contributed by atoms with Crippen LogP contribution in [0.15, 0.2) is 53.9 Å². The van der Waals surface area contributed by atoms with Crippen LogP contribution < -0.4 is 10.1 Å². The second kappa shape index (κ2) is 10.2. The smallest absolute Gasteiger partial charge is 0.220 e. The van der Waals surface area contributed by atoms with Crippen LogP contribution in [0.3, 0.4) is 0 Å². The molecule has 1 aromatic heterocycles. The van der Waals surface area contributed by atoms with Crippen LogP contribution in [0.4, 0.5) is 0 Å². The molecule has 150 valence electrons. The molecule has 1 heterocycles. The lowest BCUT2D eigenvalue weighted by molar-refractivity contribution is -0.121. The van der Waals surface area contributed by atoms with E-state index in [9.17, 15) is 9.59 Å². The van der Waals surface area contributed by atoms with Gasteiger partial charge in [0, 0.05) is 29.7 Å². The Balaban J connectivity index is 1.47. The van der Waals surface area contributed by atoms with Gasteiger partial charge in [-0.25, -0.2) is 4.98 Å². The highest BCUT2D eigenvalue weighted by Gasteiger charge is 2.15. The number of hydrogen-bond donors (Lipinski definition) is 1. The highest BCUT2D eigenvalue weighted by atomic mass is 35.5. The second-order valence-corrected chi connectivity index (χ2v) is 7.82. The lowest BCUT2D eigenvalue weighted by Gasteiger charge is -2.08. The first-order valence-corrected chi connectivity index (χ1v) is 10.4. The number of nitrogens with one attached hydrogen (secondary N) is 1. The predicted octanol–water partition coefficient (Wildman–Crippen LogP) is 4.68. The summed E-state index contributed by atoms with van der Waals surface area (Å²) >= 11 is 7.53. The topological polar surface area (TPSA) is 68.3 Å². The quantitative estimate of drug-likeness (QED) is 0.502. The summed E-state index contributed by atoms with van der Waals surface area (Å²) < 4.78 is 5.19. The summed E-state index contributed by atoms with van der Waals surface area (Å²) in [6.07, 6.45) is 0.948. The third-order valence-corrected chi connectivity index (χ3v) is 5.44. The molecule has 0 aliphatic carbocycles. The van der Waals surface area contributed by atoms with Crippen LogP contribution in [0.2, 0.25) is 5.02 Å². The molecule has 0 aliphatic heterocycles. The van der Waals surface area contributed by atoms with Crippen molar-refractivity contribution in [3.63, 3.8) is 0 Å². The summed E-state index contributed by atoms with van der Waals surface area (Å²) in [7, 11) is 1.49. The average Bonchev–Trinajstić information content (AvgIpc) is 3.18. The average molecular weight is 429 g/mol. The number of rotatable bonds is 9. The zero-order valence-corrected chi connectivity index (χ0v) is 17.6. The molecule has 0 radical (unpaired) electrons. The van der Waals surface area contributed by atoms with E-state index in [0.29, 0.717) is 22.9 Å². The first-order valence-electron chi connectivity index (χ1n) is 9.16. The zero-order chi connectivity index (χ0) is 20.6. The highest BCUT2D eigenvalue weighted by Crippen LogP contribution is 2.24. The van der Waals surface area contributed by atoms with E-state index in [0.717, 1.165) is 17.1 Å². The van der Waals surface area contributed by atoms with Gasteiger partial charge in [0.1, 0.15) is 5.75 Å². The zero-order valence-electron chi connectivity index (χ0n) is 16.0. The van der Waals surface area contributed by atoms with Crippen molar-refractivity contribution < 1.29 is 14.3 Å². The van der Waals surface area contributed by atoms with Gasteiger partial charge < -0.3 is 10.1 Å². The van der Waals surface area contributed by atoms with Gasteiger partial charge in [0.2, 0.25) is 5.91 Å². The maximum atomic E-state index is 12.4. The van der Waals surface area contributed by atoms with Gasteiger partial charge in [-0.05, 0) is 23.8 Å². The predicted molar refractivity (Wildman–Crippen MR) is 115 cm³/mol. The fourth-order valence-corrected chi connectivity index (χ4v) is 3.82. The van der Waals surface area contributed by atoms with Gasteiger partial charge in [-0.1, -0.05) is 41.9 Å². The van der Waals surface area contributed by atoms with Crippen LogP contribution in [0.5, 0.6) is 5.75 Å². The summed E-state index contributed by atoms with van der Waals surface area (Å²) in [4.78, 5) is 29.1. The Hall–Kier alpha value is -2.70. The summed E-state index contributed by atoms with van der Waals surface area (Å²) in [5, 5.41) is 6.22. The number of thiazole rings is 1. The minimum Gasteiger partial charge on any atom is -0.496 e. The van der Waals surface area contributed by atoms with Crippen molar-refractivity contribution in [2.24, 2.45) is 0 Å². The number of hydrogen-bond acceptors (Lipinski definition) is 5. The fourth-order valence-electron chi connectivity index (χ4n) is 2.82. The molecule has 1 N–H and O–H groups in total. The fraction of sp³-hybridized carbons (Fsp3) is 0.227. The lowest BCUT2D eigenvalue weighted by Crippen LogP contribution is -2.23. The molecule has 0 bridgehead atoms. The molecular weight excluding hydrogens is 408 g/mol. The van der Waals surface area contributed by atoms with Crippen LogP contribution in [-0.4, -0.2) is 23.8 Å². The molecule has 0 fully saturated rings. The SMILES string of the molecule is COc1ccc(Cl)cc1C(=O)CCC(=O)NCc1csc(Cc2ccccc2)n1. The number of amides is 1. The Kier molecular flexibility index (Phi) is 7.38. The number of carbonyl (C=O) groups excluding carboxylic acids is 2. The Morgan fingerprint density at radius 1 is 1.14 bits per heavy atom. The lowest BCUT2D eigenvalue weighted by atomic mass is 10.1. The van der Waals surface area contributed by atoms with Crippen molar-refractivity contribution in [1.82, 2.24) is 10.3 Å². The van der Waals surface area contributed by atoms with Gasteiger partial charge in [-0.2, -0.15) is 0 Å². The number of nitrogens with zero attached hydrogens (tertiary/aromatic N) is 1. The molecule has 0 spiro atoms. The third-order valence-electron chi connectivity index (χ3n) is 4.31. The van der Waals surface area contributed by atoms with Gasteiger partial charge in [-0.3, -0.25) is 9.59 Å². The molecular formula is C22H21ClN2O3S. The molecule has 0 atom stereocenters. The van der Waals surface area contributed by atoms with Crippen LogP contribution in [0.1, 0.15) is 39.5 Å². The van der Waals surface area contributed by atoms with E-state index >= 15 is 0 Å². The standard InChI is InChI=1S/C22H21ClN2O3S/c1-28-20-9-7-16(23)12-18(20)19(26)8-10-21(27)24-13-17-14-29-22(25-17)11-15-5-3-2-4-6-15/h2-7,9,12,14H,8,10-11,13H2,1H3,(H,24,27). The summed E-state index contributed by atoms with van der Waals surface area (Å²) in [6.45, 7) is 0.346. The molecule has 0 aliphatic rings. The van der Waals surface area contributed by atoms with Gasteiger partial charge in [0.05, 0.1) is 29.9 Å². The number of benzene rings is 2. The van der Waals surface area contributed by atoms with E-state index in [-0.39, 0.29) is 24.5 Å². The second-order valence-electron chi connectivity index (χ2n) is 6.44. The number of ketones is 1. The number of ether oxygens (including phenoxy) is 1. The first kappa shape index (κ1) is 21.0. The highest BCUT2D eigenvalue weighted by molar-refractivity contribution is 7.09. The third kappa shape index (κ3) is 6.14. The van der Waals surface area contributed by atoms with Crippen LogP contribution in [0.25, 0.3) is 0 Å². The van der Waals surface area contributed by atoms with E-state index < -0.39 is 0 Å². The molecule has 0 saturated carbocycles. The number of Topliss-reactive ketones (excluding diaryl/α,β-unsaturated/α-hetero) is 1. The van der Waals surface area contributed by atoms with Crippen LogP contribution in [0, 0.1) is 0 Å². The molecule has 7 heteroatoms. The molecule has 3 aromatic rings. The number of aromatic nitrogens is 1. The Bertz CT molecular complexity index is 989. The molecule has 1 amide bonds. The molecule has 29 heavy (non-hydrogen) atoms. The van der Waals surface area contributed by atoms with E-state index in [1.807, 2.05) is 23.6 Å². The van der Waals surface area contributed by atoms with E-state index in [4.69, 9.17) is 16.3 Å². The molecule has 0 saturated heterocycles. The number of halogens is 1. The monoisotopic (exact) mass is 428 g/mol. The van der Waals surface area contributed by atoms with Crippen molar-refractivity contribution in [2.75, 3.05) is 7.11 Å². The maximum Gasteiger partial charge on any atom is 0.220 e. The van der Waals surface area contributed by atoms with E-state index in [1.54, 1.807) is 29.5 Å². The molecule has 0 unspecified atom stereocenters. The Morgan fingerprint density at radius 2 is 1.93 bits per heavy atom. The normalized spacial score (nSPS) is 10.6. The van der Waals surface area contributed by atoms with Crippen LogP contribution in [-0.2, 0) is 17.8 Å². The summed E-state index contributed by atoms with van der Waals surface area (Å²) in [6, 6.07) is 15.0. The van der Waals surface area contributed by atoms with Crippen LogP contribution >= 0.6 is 22.9 Å². The van der Waals surface area contributed by atoms with Gasteiger partial charge in [0.15, 0.2) is 5.78 Å². The molecule has 3 rings (SSSR count). The largest absolute Gasteiger partial charge is 0.496 e. The summed E-state index contributed by atoms with van der Waals surface area (Å²) in [5.74, 6) is 0.0727. The van der Waals surface area contributed by atoms with Crippen molar-refractivity contribution in [3.8, 4) is 5.75 Å². The number of carbonyl (C=O) groups is 2. The molecule has 2 aromatic carbocycles. The van der Waals surface area contributed by atoms with Gasteiger partial charge >= 0.3 is 0 Å².